The predicted octanol–water partition coefficient (Wildman–Crippen LogP) is 5.10. The summed E-state index contributed by atoms with van der Waals surface area (Å²) in [5, 5.41) is 2.49. The highest BCUT2D eigenvalue weighted by Gasteiger charge is 2.29. The van der Waals surface area contributed by atoms with Crippen LogP contribution in [-0.4, -0.2) is 33.7 Å². The summed E-state index contributed by atoms with van der Waals surface area (Å²) < 4.78 is 69.5. The number of anilines is 2. The Morgan fingerprint density at radius 1 is 0.939 bits per heavy atom. The van der Waals surface area contributed by atoms with E-state index in [0.29, 0.717) is 5.69 Å². The van der Waals surface area contributed by atoms with Gasteiger partial charge in [-0.25, -0.2) is 8.42 Å². The van der Waals surface area contributed by atoms with Crippen molar-refractivity contribution in [2.75, 3.05) is 22.8 Å². The molecule has 0 fully saturated rings. The van der Waals surface area contributed by atoms with E-state index in [-0.39, 0.29) is 28.4 Å². The number of nitrogens with one attached hydrogen (secondary N) is 1. The number of hydrogen-bond donors (Lipinski definition) is 1. The van der Waals surface area contributed by atoms with Gasteiger partial charge in [-0.2, -0.15) is 13.2 Å². The van der Waals surface area contributed by atoms with Crippen LogP contribution in [0.2, 0.25) is 0 Å². The molecule has 0 atom stereocenters. The average molecular weight is 478 g/mol. The molecule has 0 unspecified atom stereocenters. The third-order valence-electron chi connectivity index (χ3n) is 4.56. The maximum absolute atomic E-state index is 13.1. The monoisotopic (exact) mass is 478 g/mol. The lowest BCUT2D eigenvalue weighted by molar-refractivity contribution is -0.153. The molecule has 0 aliphatic rings. The lowest BCUT2D eigenvalue weighted by Crippen LogP contribution is -2.30. The quantitative estimate of drug-likeness (QED) is 0.489. The Bertz CT molecular complexity index is 1200. The highest BCUT2D eigenvalue weighted by atomic mass is 32.2. The van der Waals surface area contributed by atoms with Crippen LogP contribution in [0, 0.1) is 0 Å². The molecule has 33 heavy (non-hydrogen) atoms. The Morgan fingerprint density at radius 2 is 1.55 bits per heavy atom. The van der Waals surface area contributed by atoms with Gasteiger partial charge >= 0.3 is 6.18 Å². The van der Waals surface area contributed by atoms with Gasteiger partial charge in [0.1, 0.15) is 5.75 Å². The molecule has 0 aliphatic carbocycles. The summed E-state index contributed by atoms with van der Waals surface area (Å²) >= 11 is 0. The van der Waals surface area contributed by atoms with E-state index in [4.69, 9.17) is 4.74 Å². The van der Waals surface area contributed by atoms with Crippen LogP contribution in [0.25, 0.3) is 0 Å². The summed E-state index contributed by atoms with van der Waals surface area (Å²) in [4.78, 5) is 12.6. The van der Waals surface area contributed by atoms with Gasteiger partial charge in [-0.15, -0.1) is 0 Å². The normalized spacial score (nSPS) is 11.6. The van der Waals surface area contributed by atoms with Crippen molar-refractivity contribution in [1.82, 2.24) is 0 Å². The van der Waals surface area contributed by atoms with Gasteiger partial charge in [0.05, 0.1) is 16.3 Å². The number of carbonyl (C=O) groups excluding carboxylic acids is 1. The maximum Gasteiger partial charge on any atom is 0.422 e. The number of alkyl halides is 3. The Morgan fingerprint density at radius 3 is 2.15 bits per heavy atom. The largest absolute Gasteiger partial charge is 0.482 e. The summed E-state index contributed by atoms with van der Waals surface area (Å²) in [6.07, 6.45) is -4.52. The van der Waals surface area contributed by atoms with Gasteiger partial charge in [0.15, 0.2) is 6.61 Å². The number of hydrogen-bond acceptors (Lipinski definition) is 4. The fourth-order valence-corrected chi connectivity index (χ4v) is 4.51. The number of sulfonamides is 1. The van der Waals surface area contributed by atoms with Gasteiger partial charge in [-0.3, -0.25) is 9.10 Å². The van der Waals surface area contributed by atoms with E-state index in [0.717, 1.165) is 0 Å². The first-order chi connectivity index (χ1) is 15.6. The Balaban J connectivity index is 1.77. The first kappa shape index (κ1) is 24.1. The molecule has 3 aromatic carbocycles. The zero-order chi connectivity index (χ0) is 24.1. The Hall–Kier alpha value is -3.53. The first-order valence-corrected chi connectivity index (χ1v) is 11.3. The molecule has 3 aromatic rings. The van der Waals surface area contributed by atoms with Gasteiger partial charge in [0.25, 0.3) is 15.9 Å². The summed E-state index contributed by atoms with van der Waals surface area (Å²) in [7, 11) is -3.86. The van der Waals surface area contributed by atoms with Gasteiger partial charge in [0.2, 0.25) is 0 Å². The minimum absolute atomic E-state index is 0.00124. The van der Waals surface area contributed by atoms with Crippen LogP contribution in [0.15, 0.2) is 83.8 Å². The molecule has 3 rings (SSSR count). The molecule has 174 valence electrons. The molecule has 0 radical (unpaired) electrons. The van der Waals surface area contributed by atoms with Crippen molar-refractivity contribution in [3.63, 3.8) is 0 Å². The highest BCUT2D eigenvalue weighted by molar-refractivity contribution is 7.92. The van der Waals surface area contributed by atoms with E-state index in [1.54, 1.807) is 37.3 Å². The van der Waals surface area contributed by atoms with Gasteiger partial charge in [-0.05, 0) is 55.5 Å². The summed E-state index contributed by atoms with van der Waals surface area (Å²) in [6.45, 7) is 0.426. The van der Waals surface area contributed by atoms with Crippen LogP contribution in [0.1, 0.15) is 17.3 Å². The van der Waals surface area contributed by atoms with Crippen molar-refractivity contribution in [1.29, 1.82) is 0 Å². The van der Waals surface area contributed by atoms with Crippen molar-refractivity contribution in [3.05, 3.63) is 84.4 Å². The molecule has 0 aliphatic heterocycles. The first-order valence-electron chi connectivity index (χ1n) is 9.89. The molecule has 10 heteroatoms. The molecular weight excluding hydrogens is 457 g/mol. The number of nitrogens with zero attached hydrogens (tertiary/aromatic N) is 1. The Labute approximate surface area is 189 Å². The van der Waals surface area contributed by atoms with Gasteiger partial charge in [-0.1, -0.05) is 30.3 Å². The van der Waals surface area contributed by atoms with Gasteiger partial charge in [0, 0.05) is 12.1 Å². The number of halogens is 3. The second kappa shape index (κ2) is 9.95. The van der Waals surface area contributed by atoms with E-state index in [9.17, 15) is 26.4 Å². The van der Waals surface area contributed by atoms with Crippen LogP contribution < -0.4 is 14.4 Å². The summed E-state index contributed by atoms with van der Waals surface area (Å²) in [5.41, 5.74) is 0.698. The predicted molar refractivity (Wildman–Crippen MR) is 119 cm³/mol. The highest BCUT2D eigenvalue weighted by Crippen LogP contribution is 2.27. The lowest BCUT2D eigenvalue weighted by Gasteiger charge is -2.23. The number of rotatable bonds is 8. The fraction of sp³-hybridized carbons (Fsp3) is 0.174. The minimum atomic E-state index is -4.52. The molecule has 0 spiro atoms. The summed E-state index contributed by atoms with van der Waals surface area (Å²) in [6, 6.07) is 19.6. The number of carbonyl (C=O) groups is 1. The van der Waals surface area contributed by atoms with Crippen molar-refractivity contribution < 1.29 is 31.1 Å². The van der Waals surface area contributed by atoms with E-state index in [1.807, 2.05) is 0 Å². The van der Waals surface area contributed by atoms with Crippen molar-refractivity contribution in [3.8, 4) is 5.75 Å². The molecule has 1 amide bonds. The van der Waals surface area contributed by atoms with Crippen molar-refractivity contribution in [2.24, 2.45) is 0 Å². The molecule has 6 nitrogen and oxygen atoms in total. The average Bonchev–Trinajstić information content (AvgIpc) is 2.79. The molecule has 0 aromatic heterocycles. The molecule has 0 saturated carbocycles. The minimum Gasteiger partial charge on any atom is -0.482 e. The van der Waals surface area contributed by atoms with E-state index < -0.39 is 28.7 Å². The van der Waals surface area contributed by atoms with Crippen LogP contribution in [0.5, 0.6) is 5.75 Å². The summed E-state index contributed by atoms with van der Waals surface area (Å²) in [5.74, 6) is -0.763. The fourth-order valence-electron chi connectivity index (χ4n) is 3.04. The number of benzene rings is 3. The second-order valence-corrected chi connectivity index (χ2v) is 8.75. The second-order valence-electron chi connectivity index (χ2n) is 6.88. The van der Waals surface area contributed by atoms with Crippen LogP contribution in [0.4, 0.5) is 24.5 Å². The molecule has 0 saturated heterocycles. The number of amides is 1. The topological polar surface area (TPSA) is 75.7 Å². The molecular formula is C23H21F3N2O4S. The van der Waals surface area contributed by atoms with Crippen LogP contribution >= 0.6 is 0 Å². The zero-order valence-electron chi connectivity index (χ0n) is 17.5. The molecule has 0 heterocycles. The number of para-hydroxylation sites is 3. The van der Waals surface area contributed by atoms with E-state index in [2.05, 4.69) is 5.32 Å². The van der Waals surface area contributed by atoms with E-state index in [1.165, 1.54) is 52.8 Å². The van der Waals surface area contributed by atoms with Crippen LogP contribution in [0.3, 0.4) is 0 Å². The van der Waals surface area contributed by atoms with Crippen molar-refractivity contribution in [2.45, 2.75) is 18.0 Å². The van der Waals surface area contributed by atoms with Crippen molar-refractivity contribution >= 4 is 27.3 Å². The van der Waals surface area contributed by atoms with Crippen LogP contribution in [-0.2, 0) is 10.0 Å². The lowest BCUT2D eigenvalue weighted by atomic mass is 10.2. The molecule has 0 bridgehead atoms. The number of ether oxygens (including phenoxy) is 1. The maximum atomic E-state index is 13.1. The third-order valence-corrected chi connectivity index (χ3v) is 6.48. The Kier molecular flexibility index (Phi) is 7.27. The van der Waals surface area contributed by atoms with E-state index >= 15 is 0 Å². The van der Waals surface area contributed by atoms with Gasteiger partial charge < -0.3 is 10.1 Å². The zero-order valence-corrected chi connectivity index (χ0v) is 18.4. The standard InChI is InChI=1S/C23H21F3N2O4S/c1-2-28(18-8-4-3-5-9-18)33(30,31)19-14-12-17(13-15-19)22(29)27-20-10-6-7-11-21(20)32-16-23(24,25)26/h3-15H,2,16H2,1H3,(H,27,29). The SMILES string of the molecule is CCN(c1ccccc1)S(=O)(=O)c1ccc(C(=O)Nc2ccccc2OCC(F)(F)F)cc1. The third kappa shape index (κ3) is 6.04. The molecule has 1 N–H and O–H groups in total. The smallest absolute Gasteiger partial charge is 0.422 e.